The second kappa shape index (κ2) is 9.22. The molecule has 1 aliphatic heterocycles. The zero-order valence-electron chi connectivity index (χ0n) is 17.9. The number of nitrogens with one attached hydrogen (secondary N) is 1. The monoisotopic (exact) mass is 459 g/mol. The summed E-state index contributed by atoms with van der Waals surface area (Å²) in [5.41, 5.74) is 3.39. The van der Waals surface area contributed by atoms with Crippen LogP contribution in [0.1, 0.15) is 10.4 Å². The summed E-state index contributed by atoms with van der Waals surface area (Å²) in [6.07, 6.45) is 0. The van der Waals surface area contributed by atoms with Crippen molar-refractivity contribution in [2.75, 3.05) is 29.9 Å². The predicted octanol–water partition coefficient (Wildman–Crippen LogP) is 6.33. The number of rotatable bonds is 4. The molecule has 0 radical (unpaired) electrons. The predicted molar refractivity (Wildman–Crippen MR) is 133 cm³/mol. The van der Waals surface area contributed by atoms with Gasteiger partial charge in [0.05, 0.1) is 17.9 Å². The maximum atomic E-state index is 13.8. The Bertz CT molecular complexity index is 1290. The number of fused-ring (bicyclic) bond motifs is 1. The quantitative estimate of drug-likeness (QED) is 0.220. The fourth-order valence-electron chi connectivity index (χ4n) is 4.27. The summed E-state index contributed by atoms with van der Waals surface area (Å²) in [6.45, 7) is 0.993. The number of carbonyl (C=O) groups is 1. The minimum absolute atomic E-state index is 0.190. The number of amides is 1. The average molecular weight is 460 g/mol. The summed E-state index contributed by atoms with van der Waals surface area (Å²) in [6, 6.07) is 29.5. The van der Waals surface area contributed by atoms with Crippen molar-refractivity contribution in [3.05, 3.63) is 96.6 Å². The van der Waals surface area contributed by atoms with Crippen LogP contribution in [0.15, 0.2) is 91.0 Å². The van der Waals surface area contributed by atoms with E-state index in [2.05, 4.69) is 5.32 Å². The molecule has 1 atom stereocenters. The Morgan fingerprint density at radius 2 is 1.64 bits per heavy atom. The third kappa shape index (κ3) is 4.42. The van der Waals surface area contributed by atoms with E-state index in [1.54, 1.807) is 0 Å². The molecule has 0 saturated carbocycles. The number of halogens is 2. The molecule has 0 bridgehead atoms. The number of nitrogens with zero attached hydrogens (tertiary/aromatic N) is 2. The second-order valence-corrected chi connectivity index (χ2v) is 8.59. The van der Waals surface area contributed by atoms with Gasteiger partial charge < -0.3 is 10.2 Å². The summed E-state index contributed by atoms with van der Waals surface area (Å²) in [5, 5.41) is 5.67. The molecule has 1 amide bonds. The first-order valence-corrected chi connectivity index (χ1v) is 11.3. The molecule has 1 fully saturated rings. The Hall–Kier alpha value is -3.41. The molecule has 1 saturated heterocycles. The van der Waals surface area contributed by atoms with Crippen LogP contribution in [0.5, 0.6) is 0 Å². The molecule has 33 heavy (non-hydrogen) atoms. The third-order valence-corrected chi connectivity index (χ3v) is 6.34. The molecule has 4 aromatic rings. The number of alkyl halides is 1. The molecule has 166 valence electrons. The normalized spacial score (nSPS) is 16.7. The van der Waals surface area contributed by atoms with Crippen LogP contribution >= 0.6 is 11.6 Å². The highest BCUT2D eigenvalue weighted by Gasteiger charge is 2.27. The highest BCUT2D eigenvalue weighted by molar-refractivity contribution is 6.20. The van der Waals surface area contributed by atoms with E-state index in [1.807, 2.05) is 95.9 Å². The van der Waals surface area contributed by atoms with Crippen LogP contribution in [0.3, 0.4) is 0 Å². The summed E-state index contributed by atoms with van der Waals surface area (Å²) in [7, 11) is 0. The van der Waals surface area contributed by atoms with Gasteiger partial charge in [0.1, 0.15) is 5.50 Å². The van der Waals surface area contributed by atoms with E-state index >= 15 is 0 Å². The molecule has 1 heterocycles. The fourth-order valence-corrected chi connectivity index (χ4v) is 4.54. The van der Waals surface area contributed by atoms with Crippen LogP contribution in [-0.2, 0) is 0 Å². The summed E-state index contributed by atoms with van der Waals surface area (Å²) >= 11 is 6.18. The largest absolute Gasteiger partial charge is 0.366 e. The number of benzene rings is 4. The van der Waals surface area contributed by atoms with Gasteiger partial charge in [-0.3, -0.25) is 4.79 Å². The van der Waals surface area contributed by atoms with Crippen molar-refractivity contribution in [2.24, 2.45) is 0 Å². The van der Waals surface area contributed by atoms with E-state index in [-0.39, 0.29) is 12.5 Å². The first-order chi connectivity index (χ1) is 16.1. The number of anilines is 2. The van der Waals surface area contributed by atoms with Gasteiger partial charge in [-0.2, -0.15) is 0 Å². The summed E-state index contributed by atoms with van der Waals surface area (Å²) in [5.74, 6) is -0.190. The van der Waals surface area contributed by atoms with Crippen molar-refractivity contribution in [1.29, 1.82) is 0 Å². The van der Waals surface area contributed by atoms with Crippen LogP contribution in [0.25, 0.3) is 21.9 Å². The Balaban J connectivity index is 1.54. The van der Waals surface area contributed by atoms with Gasteiger partial charge in [-0.05, 0) is 40.1 Å². The topological polar surface area (TPSA) is 35.6 Å². The minimum atomic E-state index is -0.742. The maximum absolute atomic E-state index is 13.8. The molecular formula is C27H23ClFN3O. The summed E-state index contributed by atoms with van der Waals surface area (Å²) < 4.78 is 13.8. The van der Waals surface area contributed by atoms with Crippen LogP contribution in [0.2, 0.25) is 0 Å². The van der Waals surface area contributed by atoms with E-state index in [0.717, 1.165) is 27.6 Å². The number of hydrogen-bond acceptors (Lipinski definition) is 3. The fraction of sp³-hybridized carbons (Fsp3) is 0.148. The zero-order valence-corrected chi connectivity index (χ0v) is 18.7. The minimum Gasteiger partial charge on any atom is -0.366 e. The standard InChI is InChI=1S/C27H23ClFN3O/c28-26-18-31(15-16-32(26)29)25-14-13-21(19-7-2-1-3-8-19)17-24(25)30-27(33)23-12-6-10-20-9-4-5-11-22(20)23/h1-14,17,26H,15-16,18H2,(H,30,33). The first kappa shape index (κ1) is 21.4. The molecule has 6 heteroatoms. The van der Waals surface area contributed by atoms with Gasteiger partial charge in [-0.25, -0.2) is 0 Å². The Morgan fingerprint density at radius 3 is 2.45 bits per heavy atom. The lowest BCUT2D eigenvalue weighted by molar-refractivity contribution is 0.00245. The maximum Gasteiger partial charge on any atom is 0.256 e. The molecule has 0 spiro atoms. The average Bonchev–Trinajstić information content (AvgIpc) is 2.86. The SMILES string of the molecule is O=C(Nc1cc(-c2ccccc2)ccc1N1CCN(F)C(Cl)C1)c1cccc2ccccc12. The van der Waals surface area contributed by atoms with E-state index in [0.29, 0.717) is 29.5 Å². The Morgan fingerprint density at radius 1 is 0.879 bits per heavy atom. The number of hydrogen-bond donors (Lipinski definition) is 1. The first-order valence-electron chi connectivity index (χ1n) is 10.9. The van der Waals surface area contributed by atoms with Crippen molar-refractivity contribution >= 4 is 39.7 Å². The molecule has 0 aliphatic carbocycles. The van der Waals surface area contributed by atoms with Crippen LogP contribution in [-0.4, -0.2) is 36.2 Å². The van der Waals surface area contributed by atoms with Crippen molar-refractivity contribution in [1.82, 2.24) is 5.12 Å². The summed E-state index contributed by atoms with van der Waals surface area (Å²) in [4.78, 5) is 15.4. The van der Waals surface area contributed by atoms with E-state index < -0.39 is 5.50 Å². The van der Waals surface area contributed by atoms with Gasteiger partial charge in [0.25, 0.3) is 5.91 Å². The molecule has 1 unspecified atom stereocenters. The highest BCUT2D eigenvalue weighted by atomic mass is 35.5. The smallest absolute Gasteiger partial charge is 0.256 e. The van der Waals surface area contributed by atoms with Gasteiger partial charge in [0, 0.05) is 18.7 Å². The van der Waals surface area contributed by atoms with E-state index in [4.69, 9.17) is 11.6 Å². The third-order valence-electron chi connectivity index (χ3n) is 5.99. The van der Waals surface area contributed by atoms with E-state index in [9.17, 15) is 9.28 Å². The zero-order chi connectivity index (χ0) is 22.8. The van der Waals surface area contributed by atoms with Crippen LogP contribution in [0.4, 0.5) is 15.9 Å². The van der Waals surface area contributed by atoms with Gasteiger partial charge in [0.2, 0.25) is 0 Å². The second-order valence-electron chi connectivity index (χ2n) is 8.08. The van der Waals surface area contributed by atoms with Crippen molar-refractivity contribution in [2.45, 2.75) is 5.50 Å². The Labute approximate surface area is 197 Å². The molecular weight excluding hydrogens is 437 g/mol. The molecule has 1 aliphatic rings. The van der Waals surface area contributed by atoms with Gasteiger partial charge in [0.15, 0.2) is 0 Å². The Kier molecular flexibility index (Phi) is 5.99. The number of piperazine rings is 1. The molecule has 4 aromatic carbocycles. The van der Waals surface area contributed by atoms with Gasteiger partial charge in [-0.15, -0.1) is 21.2 Å². The lowest BCUT2D eigenvalue weighted by Crippen LogP contribution is -2.47. The van der Waals surface area contributed by atoms with Crippen molar-refractivity contribution in [3.8, 4) is 11.1 Å². The van der Waals surface area contributed by atoms with Gasteiger partial charge >= 0.3 is 0 Å². The van der Waals surface area contributed by atoms with Gasteiger partial charge in [-0.1, -0.05) is 72.8 Å². The molecule has 4 nitrogen and oxygen atoms in total. The van der Waals surface area contributed by atoms with Crippen molar-refractivity contribution in [3.63, 3.8) is 0 Å². The van der Waals surface area contributed by atoms with Crippen LogP contribution in [0, 0.1) is 0 Å². The van der Waals surface area contributed by atoms with Crippen molar-refractivity contribution < 1.29 is 9.28 Å². The molecule has 0 aromatic heterocycles. The van der Waals surface area contributed by atoms with Crippen LogP contribution < -0.4 is 10.2 Å². The molecule has 1 N–H and O–H groups in total. The molecule has 5 rings (SSSR count). The lowest BCUT2D eigenvalue weighted by atomic mass is 10.0. The number of carbonyl (C=O) groups excluding carboxylic acids is 1. The van der Waals surface area contributed by atoms with E-state index in [1.165, 1.54) is 0 Å². The highest BCUT2D eigenvalue weighted by Crippen LogP contribution is 2.34. The lowest BCUT2D eigenvalue weighted by Gasteiger charge is -2.36.